The van der Waals surface area contributed by atoms with Gasteiger partial charge in [-0.1, -0.05) is 39.8 Å². The molecule has 4 rings (SSSR count). The molecular formula is C34H49F3N4O4S. The van der Waals surface area contributed by atoms with Crippen LogP contribution in [0.15, 0.2) is 54.6 Å². The molecule has 12 heteroatoms. The number of thiocarbonyl (C=S) groups is 1. The second-order valence-electron chi connectivity index (χ2n) is 10.1. The van der Waals surface area contributed by atoms with E-state index in [4.69, 9.17) is 31.7 Å². The molecule has 0 aromatic heterocycles. The van der Waals surface area contributed by atoms with Gasteiger partial charge in [0.15, 0.2) is 10.9 Å². The number of hydrogen-bond acceptors (Lipinski definition) is 7. The first kappa shape index (κ1) is 42.5. The molecule has 0 saturated carbocycles. The number of hydrogen-bond donors (Lipinski definition) is 1. The van der Waals surface area contributed by atoms with Crippen molar-refractivity contribution < 1.29 is 32.2 Å². The summed E-state index contributed by atoms with van der Waals surface area (Å²) in [5.41, 5.74) is 2.17. The van der Waals surface area contributed by atoms with Crippen molar-refractivity contribution in [2.75, 3.05) is 30.1 Å². The summed E-state index contributed by atoms with van der Waals surface area (Å²) in [5, 5.41) is 9.10. The maximum Gasteiger partial charge on any atom is 0.417 e. The monoisotopic (exact) mass is 666 g/mol. The molecule has 2 aliphatic heterocycles. The molecule has 2 aliphatic rings. The van der Waals surface area contributed by atoms with E-state index in [0.29, 0.717) is 24.7 Å². The molecule has 2 fully saturated rings. The van der Waals surface area contributed by atoms with E-state index in [-0.39, 0.29) is 16.9 Å². The van der Waals surface area contributed by atoms with Gasteiger partial charge < -0.3 is 24.8 Å². The summed E-state index contributed by atoms with van der Waals surface area (Å²) in [6, 6.07) is 11.5. The van der Waals surface area contributed by atoms with Crippen LogP contribution >= 0.6 is 12.2 Å². The van der Waals surface area contributed by atoms with E-state index in [1.807, 2.05) is 67.5 Å². The van der Waals surface area contributed by atoms with Crippen LogP contribution in [0.2, 0.25) is 0 Å². The van der Waals surface area contributed by atoms with Crippen molar-refractivity contribution in [3.05, 3.63) is 65.7 Å². The molecule has 1 unspecified atom stereocenters. The third-order valence-corrected chi connectivity index (χ3v) is 6.65. The Morgan fingerprint density at radius 1 is 1.02 bits per heavy atom. The molecule has 0 spiro atoms. The number of ether oxygens (including phenoxy) is 3. The zero-order valence-corrected chi connectivity index (χ0v) is 29.6. The highest BCUT2D eigenvalue weighted by molar-refractivity contribution is 7.81. The minimum Gasteiger partial charge on any atom is -0.491 e. The molecule has 0 aliphatic carbocycles. The van der Waals surface area contributed by atoms with E-state index in [9.17, 15) is 18.0 Å². The number of carbonyl (C=O) groups is 1. The van der Waals surface area contributed by atoms with Crippen molar-refractivity contribution in [3.8, 4) is 11.8 Å². The molecule has 2 N–H and O–H groups in total. The Kier molecular flexibility index (Phi) is 17.8. The normalized spacial score (nSPS) is 17.7. The highest BCUT2D eigenvalue weighted by atomic mass is 32.1. The lowest BCUT2D eigenvalue weighted by Gasteiger charge is -2.29. The number of benzene rings is 2. The third-order valence-electron chi connectivity index (χ3n) is 6.29. The van der Waals surface area contributed by atoms with Crippen LogP contribution in [0.25, 0.3) is 0 Å². The van der Waals surface area contributed by atoms with Gasteiger partial charge in [0.25, 0.3) is 5.91 Å². The van der Waals surface area contributed by atoms with Crippen molar-refractivity contribution in [1.29, 1.82) is 5.26 Å². The Morgan fingerprint density at radius 2 is 1.54 bits per heavy atom. The summed E-state index contributed by atoms with van der Waals surface area (Å²) in [6.07, 6.45) is -0.966. The lowest BCUT2D eigenvalue weighted by Crippen LogP contribution is -2.44. The first-order chi connectivity index (χ1) is 21.7. The SMILES string of the molecule is CC.CC.CC1(C)OCC(COc2ccc(N3C(=S)N(c4ccc(C#N)c(C(F)(F)F)c4)C(=O)C3(C)C)cc2)O1.CC=CC.CN. The zero-order valence-electron chi connectivity index (χ0n) is 28.8. The Bertz CT molecular complexity index is 1320. The van der Waals surface area contributed by atoms with E-state index >= 15 is 0 Å². The third kappa shape index (κ3) is 10.8. The predicted octanol–water partition coefficient (Wildman–Crippen LogP) is 8.23. The molecule has 1 atom stereocenters. The number of allylic oxidation sites excluding steroid dienone is 2. The Morgan fingerprint density at radius 3 is 1.98 bits per heavy atom. The summed E-state index contributed by atoms with van der Waals surface area (Å²) in [5.74, 6) is -0.574. The van der Waals surface area contributed by atoms with Gasteiger partial charge >= 0.3 is 6.18 Å². The van der Waals surface area contributed by atoms with Crippen molar-refractivity contribution in [2.45, 2.75) is 92.8 Å². The Balaban J connectivity index is 0.00000182. The summed E-state index contributed by atoms with van der Waals surface area (Å²) in [7, 11) is 1.50. The summed E-state index contributed by atoms with van der Waals surface area (Å²) in [4.78, 5) is 16.0. The lowest BCUT2D eigenvalue weighted by molar-refractivity contribution is -0.141. The number of amides is 1. The minimum atomic E-state index is -4.76. The summed E-state index contributed by atoms with van der Waals surface area (Å²) in [6.45, 7) is 19.6. The first-order valence-corrected chi connectivity index (χ1v) is 15.6. The van der Waals surface area contributed by atoms with Gasteiger partial charge in [-0.2, -0.15) is 18.4 Å². The minimum absolute atomic E-state index is 0.0234. The van der Waals surface area contributed by atoms with Crippen LogP contribution in [-0.4, -0.2) is 48.7 Å². The number of nitrogens with two attached hydrogens (primary N) is 1. The zero-order chi connectivity index (χ0) is 35.9. The standard InChI is InChI=1S/C25H24F3N3O4S.C4H8.2C2H6.CH5N/c1-23(2)21(32)30(17-6-5-15(12-29)20(11-17)25(26,27)28)22(36)31(23)16-7-9-18(10-8-16)33-13-19-14-34-24(3,4)35-19;1-3-4-2;3*1-2/h5-11,19H,13-14H2,1-4H3;3-4H,1-2H3;2*1-2H3;2H2,1H3. The fraction of sp³-hybridized carbons (Fsp3) is 0.500. The molecule has 2 aromatic rings. The van der Waals surface area contributed by atoms with Crippen LogP contribution in [0, 0.1) is 11.3 Å². The highest BCUT2D eigenvalue weighted by Crippen LogP contribution is 2.40. The van der Waals surface area contributed by atoms with Gasteiger partial charge in [-0.25, -0.2) is 0 Å². The molecule has 0 bridgehead atoms. The first-order valence-electron chi connectivity index (χ1n) is 15.2. The molecule has 8 nitrogen and oxygen atoms in total. The van der Waals surface area contributed by atoms with Crippen LogP contribution in [0.1, 0.15) is 80.4 Å². The average Bonchev–Trinajstić information content (AvgIpc) is 3.49. The fourth-order valence-electron chi connectivity index (χ4n) is 4.19. The molecule has 46 heavy (non-hydrogen) atoms. The maximum absolute atomic E-state index is 13.5. The quantitative estimate of drug-likeness (QED) is 0.252. The number of anilines is 2. The Labute approximate surface area is 277 Å². The van der Waals surface area contributed by atoms with Crippen molar-refractivity contribution >= 4 is 34.6 Å². The van der Waals surface area contributed by atoms with Gasteiger partial charge in [-0.3, -0.25) is 9.69 Å². The molecular weight excluding hydrogens is 617 g/mol. The van der Waals surface area contributed by atoms with E-state index < -0.39 is 34.5 Å². The maximum atomic E-state index is 13.5. The smallest absolute Gasteiger partial charge is 0.417 e. The number of halogens is 3. The number of nitriles is 1. The summed E-state index contributed by atoms with van der Waals surface area (Å²) < 4.78 is 57.5. The van der Waals surface area contributed by atoms with E-state index in [1.165, 1.54) is 19.2 Å². The molecule has 2 saturated heterocycles. The van der Waals surface area contributed by atoms with Gasteiger partial charge in [0, 0.05) is 5.69 Å². The molecule has 2 heterocycles. The molecule has 1 amide bonds. The number of nitrogens with zero attached hydrogens (tertiary/aromatic N) is 3. The van der Waals surface area contributed by atoms with Gasteiger partial charge in [0.05, 0.1) is 29.5 Å². The fourth-order valence-corrected chi connectivity index (χ4v) is 4.71. The van der Waals surface area contributed by atoms with E-state index in [0.717, 1.165) is 17.0 Å². The topological polar surface area (TPSA) is 101 Å². The predicted molar refractivity (Wildman–Crippen MR) is 183 cm³/mol. The van der Waals surface area contributed by atoms with Gasteiger partial charge in [-0.05, 0) is 103 Å². The average molecular weight is 667 g/mol. The van der Waals surface area contributed by atoms with Gasteiger partial charge in [0.1, 0.15) is 24.0 Å². The molecule has 256 valence electrons. The van der Waals surface area contributed by atoms with Gasteiger partial charge in [-0.15, -0.1) is 0 Å². The number of carbonyl (C=O) groups excluding carboxylic acids is 1. The van der Waals surface area contributed by atoms with Crippen molar-refractivity contribution in [3.63, 3.8) is 0 Å². The van der Waals surface area contributed by atoms with Crippen LogP contribution in [0.5, 0.6) is 5.75 Å². The van der Waals surface area contributed by atoms with E-state index in [1.54, 1.807) is 43.0 Å². The van der Waals surface area contributed by atoms with Crippen molar-refractivity contribution in [1.82, 2.24) is 0 Å². The van der Waals surface area contributed by atoms with Crippen LogP contribution in [0.3, 0.4) is 0 Å². The highest BCUT2D eigenvalue weighted by Gasteiger charge is 2.50. The number of rotatable bonds is 5. The number of alkyl halides is 3. The van der Waals surface area contributed by atoms with Crippen LogP contribution in [0.4, 0.5) is 24.5 Å². The lowest BCUT2D eigenvalue weighted by atomic mass is 10.0. The molecule has 2 aromatic carbocycles. The molecule has 0 radical (unpaired) electrons. The van der Waals surface area contributed by atoms with Crippen LogP contribution < -0.4 is 20.3 Å². The second kappa shape index (κ2) is 19.2. The Hall–Kier alpha value is -3.50. The van der Waals surface area contributed by atoms with E-state index in [2.05, 4.69) is 5.73 Å². The second-order valence-corrected chi connectivity index (χ2v) is 10.4. The largest absolute Gasteiger partial charge is 0.491 e. The van der Waals surface area contributed by atoms with Crippen molar-refractivity contribution in [2.24, 2.45) is 5.73 Å². The summed E-state index contributed by atoms with van der Waals surface area (Å²) >= 11 is 5.55. The van der Waals surface area contributed by atoms with Gasteiger partial charge in [0.2, 0.25) is 0 Å². The van der Waals surface area contributed by atoms with Crippen LogP contribution in [-0.2, 0) is 20.4 Å².